The molecule has 2 heterocycles. The third kappa shape index (κ3) is 7.58. The van der Waals surface area contributed by atoms with Gasteiger partial charge in [-0.15, -0.1) is 0 Å². The molecule has 11 heteroatoms. The van der Waals surface area contributed by atoms with Crippen LogP contribution in [0.25, 0.3) is 21.5 Å². The summed E-state index contributed by atoms with van der Waals surface area (Å²) in [5.41, 5.74) is 5.72. The van der Waals surface area contributed by atoms with Gasteiger partial charge in [-0.2, -0.15) is 21.4 Å². The second-order valence-corrected chi connectivity index (χ2v) is 17.0. The molecule has 0 spiro atoms. The van der Waals surface area contributed by atoms with Gasteiger partial charge < -0.3 is 4.90 Å². The first-order valence-electron chi connectivity index (χ1n) is 16.5. The third-order valence-corrected chi connectivity index (χ3v) is 11.4. The predicted molar refractivity (Wildman–Crippen MR) is 205 cm³/mol. The van der Waals surface area contributed by atoms with Gasteiger partial charge in [0.15, 0.2) is 5.71 Å². The molecule has 0 amide bonds. The van der Waals surface area contributed by atoms with Crippen LogP contribution in [-0.4, -0.2) is 90.4 Å². The number of benzene rings is 4. The Bertz CT molecular complexity index is 2310. The van der Waals surface area contributed by atoms with Crippen LogP contribution in [0.5, 0.6) is 0 Å². The topological polar surface area (TPSA) is 115 Å². The van der Waals surface area contributed by atoms with Crippen molar-refractivity contribution < 1.29 is 30.5 Å². The van der Waals surface area contributed by atoms with Crippen LogP contribution in [0.3, 0.4) is 0 Å². The molecular formula is C39H43N2NaO6S2+. The fourth-order valence-corrected chi connectivity index (χ4v) is 8.71. The van der Waals surface area contributed by atoms with Gasteiger partial charge >= 0.3 is 0 Å². The van der Waals surface area contributed by atoms with E-state index in [-0.39, 0.29) is 64.7 Å². The summed E-state index contributed by atoms with van der Waals surface area (Å²) in [6, 6.07) is 24.9. The molecule has 8 nitrogen and oxygen atoms in total. The summed E-state index contributed by atoms with van der Waals surface area (Å²) in [5, 5.41) is 4.58. The number of fused-ring (bicyclic) bond motifs is 6. The zero-order chi connectivity index (χ0) is 35.2. The third-order valence-electron chi connectivity index (χ3n) is 9.81. The van der Waals surface area contributed by atoms with E-state index in [1.54, 1.807) is 0 Å². The van der Waals surface area contributed by atoms with Crippen molar-refractivity contribution in [3.05, 3.63) is 120 Å². The van der Waals surface area contributed by atoms with Crippen molar-refractivity contribution in [2.75, 3.05) is 29.5 Å². The van der Waals surface area contributed by atoms with Gasteiger partial charge in [0.05, 0.1) is 16.9 Å². The molecule has 0 aliphatic carbocycles. The van der Waals surface area contributed by atoms with Crippen molar-refractivity contribution in [2.24, 2.45) is 0 Å². The zero-order valence-corrected chi connectivity index (χ0v) is 32.9. The van der Waals surface area contributed by atoms with Gasteiger partial charge in [0.1, 0.15) is 6.54 Å². The Balaban J connectivity index is 0.00000486. The van der Waals surface area contributed by atoms with E-state index >= 15 is 0 Å². The van der Waals surface area contributed by atoms with Crippen molar-refractivity contribution in [2.45, 2.75) is 51.4 Å². The number of rotatable bonds is 11. The van der Waals surface area contributed by atoms with Crippen LogP contribution in [0.2, 0.25) is 0 Å². The van der Waals surface area contributed by atoms with Crippen molar-refractivity contribution >= 4 is 88.4 Å². The zero-order valence-electron chi connectivity index (χ0n) is 29.3. The smallest absolute Gasteiger partial charge is 0.265 e. The summed E-state index contributed by atoms with van der Waals surface area (Å²) < 4.78 is 67.2. The number of anilines is 1. The molecule has 0 aromatic heterocycles. The summed E-state index contributed by atoms with van der Waals surface area (Å²) in [5.74, 6) is -0.628. The molecule has 0 atom stereocenters. The molecule has 0 saturated heterocycles. The van der Waals surface area contributed by atoms with Gasteiger partial charge in [-0.1, -0.05) is 86.7 Å². The van der Waals surface area contributed by atoms with Crippen molar-refractivity contribution in [3.63, 3.8) is 0 Å². The predicted octanol–water partition coefficient (Wildman–Crippen LogP) is 7.34. The van der Waals surface area contributed by atoms with Crippen LogP contribution >= 0.6 is 0 Å². The first kappa shape index (κ1) is 38.1. The van der Waals surface area contributed by atoms with Crippen LogP contribution in [0.1, 0.15) is 51.7 Å². The monoisotopic (exact) mass is 722 g/mol. The summed E-state index contributed by atoms with van der Waals surface area (Å²) in [7, 11) is -8.17. The summed E-state index contributed by atoms with van der Waals surface area (Å²) in [6.07, 6.45) is 10.7. The molecule has 0 unspecified atom stereocenters. The van der Waals surface area contributed by atoms with E-state index in [9.17, 15) is 25.9 Å². The minimum Gasteiger partial charge on any atom is -0.344 e. The average molecular weight is 723 g/mol. The van der Waals surface area contributed by atoms with E-state index in [0.717, 1.165) is 44.3 Å². The van der Waals surface area contributed by atoms with Crippen LogP contribution in [0.4, 0.5) is 11.4 Å². The van der Waals surface area contributed by atoms with E-state index in [4.69, 9.17) is 0 Å². The molecule has 50 heavy (non-hydrogen) atoms. The molecule has 2 aliphatic heterocycles. The molecule has 257 valence electrons. The maximum absolute atomic E-state index is 11.6. The van der Waals surface area contributed by atoms with Gasteiger partial charge in [-0.3, -0.25) is 9.11 Å². The van der Waals surface area contributed by atoms with E-state index in [0.29, 0.717) is 13.1 Å². The molecule has 0 saturated carbocycles. The normalized spacial score (nSPS) is 17.7. The summed E-state index contributed by atoms with van der Waals surface area (Å²) in [4.78, 5) is 2.16. The van der Waals surface area contributed by atoms with E-state index in [1.807, 2.05) is 42.5 Å². The Hall–Kier alpha value is -3.09. The fraction of sp³-hybridized carbons (Fsp3) is 0.308. The molecule has 4 aromatic rings. The average Bonchev–Trinajstić information content (AvgIpc) is 3.38. The van der Waals surface area contributed by atoms with Gasteiger partial charge in [0.2, 0.25) is 5.69 Å². The molecule has 4 aromatic carbocycles. The number of hydrogen-bond acceptors (Lipinski definition) is 5. The van der Waals surface area contributed by atoms with Crippen LogP contribution < -0.4 is 4.90 Å². The SMILES string of the molecule is CC1(C)C(/C=C/C=C/C=C2/N(CCCS(=O)(=O)O)c3ccc4ccccc4c3C2(C)C)=[N+](CCCS(=O)(=O)O)c2ccc3ccccc3c21.[Na]. The van der Waals surface area contributed by atoms with Gasteiger partial charge in [0.25, 0.3) is 20.2 Å². The standard InChI is InChI=1S/C39H42N2O6S2.Na/c1-38(2)34(40(24-12-26-48(42,43)44)32-22-20-28-14-8-10-16-30(28)36(32)38)18-6-5-7-19-35-39(3,4)37-31-17-11-9-15-29(31)21-23-33(37)41(35)25-13-27-49(45,46)47;/h5-11,14-23H,12-13,24-27H2,1-4H3,(H-,42,43,44,45,46,47);/p+1. The van der Waals surface area contributed by atoms with Crippen LogP contribution in [0.15, 0.2) is 109 Å². The first-order chi connectivity index (χ1) is 23.1. The van der Waals surface area contributed by atoms with E-state index in [2.05, 4.69) is 97.9 Å². The van der Waals surface area contributed by atoms with Crippen molar-refractivity contribution in [1.29, 1.82) is 0 Å². The van der Waals surface area contributed by atoms with Crippen LogP contribution in [0, 0.1) is 0 Å². The largest absolute Gasteiger partial charge is 0.344 e. The Kier molecular flexibility index (Phi) is 11.1. The number of nitrogens with zero attached hydrogens (tertiary/aromatic N) is 2. The Labute approximate surface area is 317 Å². The second kappa shape index (κ2) is 14.5. The molecular weight excluding hydrogens is 680 g/mol. The Morgan fingerprint density at radius 1 is 0.700 bits per heavy atom. The Morgan fingerprint density at radius 3 is 1.92 bits per heavy atom. The first-order valence-corrected chi connectivity index (χ1v) is 19.7. The quantitative estimate of drug-likeness (QED) is 0.0721. The summed E-state index contributed by atoms with van der Waals surface area (Å²) >= 11 is 0. The van der Waals surface area contributed by atoms with Gasteiger partial charge in [0, 0.05) is 77.0 Å². The summed E-state index contributed by atoms with van der Waals surface area (Å²) in [6.45, 7) is 9.58. The minimum absolute atomic E-state index is 0. The fourth-order valence-electron chi connectivity index (χ4n) is 7.72. The van der Waals surface area contributed by atoms with Gasteiger partial charge in [-0.25, -0.2) is 0 Å². The minimum atomic E-state index is -4.08. The van der Waals surface area contributed by atoms with Crippen molar-refractivity contribution in [3.8, 4) is 0 Å². The molecule has 6 rings (SSSR count). The number of hydrogen-bond donors (Lipinski definition) is 2. The van der Waals surface area contributed by atoms with Gasteiger partial charge in [-0.05, 0) is 65.6 Å². The van der Waals surface area contributed by atoms with Crippen molar-refractivity contribution in [1.82, 2.24) is 0 Å². The maximum atomic E-state index is 11.6. The molecule has 0 bridgehead atoms. The van der Waals surface area contributed by atoms with E-state index < -0.39 is 20.2 Å². The Morgan fingerprint density at radius 2 is 1.28 bits per heavy atom. The molecule has 2 aliphatic rings. The maximum Gasteiger partial charge on any atom is 0.265 e. The molecule has 1 radical (unpaired) electrons. The molecule has 0 fully saturated rings. The molecule has 2 N–H and O–H groups in total. The van der Waals surface area contributed by atoms with E-state index in [1.165, 1.54) is 11.1 Å². The van der Waals surface area contributed by atoms with Crippen LogP contribution in [-0.2, 0) is 31.1 Å². The second-order valence-electron chi connectivity index (χ2n) is 13.9. The number of allylic oxidation sites excluding steroid dienone is 6.